The molecule has 0 saturated carbocycles. The van der Waals surface area contributed by atoms with Gasteiger partial charge in [0, 0.05) is 24.4 Å². The maximum Gasteiger partial charge on any atom is 0.151 e. The number of nitrogens with two attached hydrogens (primary N) is 1. The summed E-state index contributed by atoms with van der Waals surface area (Å²) < 4.78 is 6.04. The summed E-state index contributed by atoms with van der Waals surface area (Å²) in [7, 11) is 2.07. The zero-order chi connectivity index (χ0) is 17.4. The second-order valence-electron chi connectivity index (χ2n) is 6.48. The van der Waals surface area contributed by atoms with Crippen molar-refractivity contribution in [3.8, 4) is 22.8 Å². The summed E-state index contributed by atoms with van der Waals surface area (Å²) in [5, 5.41) is 3.26. The molecule has 0 amide bonds. The van der Waals surface area contributed by atoms with Crippen molar-refractivity contribution < 1.29 is 4.74 Å². The first kappa shape index (κ1) is 16.1. The Hall–Kier alpha value is -2.37. The van der Waals surface area contributed by atoms with E-state index in [4.69, 9.17) is 15.5 Å². The molecule has 0 radical (unpaired) electrons. The molecule has 1 aromatic heterocycles. The highest BCUT2D eigenvalue weighted by atomic mass is 32.1. The molecule has 4 rings (SSSR count). The quantitative estimate of drug-likeness (QED) is 0.732. The molecular weight excluding hydrogens is 330 g/mol. The van der Waals surface area contributed by atoms with E-state index in [1.54, 1.807) is 11.3 Å². The Morgan fingerprint density at radius 1 is 1.16 bits per heavy atom. The molecule has 0 saturated heterocycles. The van der Waals surface area contributed by atoms with Gasteiger partial charge in [0.15, 0.2) is 11.5 Å². The van der Waals surface area contributed by atoms with Crippen LogP contribution >= 0.6 is 11.3 Å². The number of fused-ring (bicyclic) bond motifs is 2. The van der Waals surface area contributed by atoms with Crippen LogP contribution in [0, 0.1) is 5.92 Å². The van der Waals surface area contributed by atoms with E-state index in [2.05, 4.69) is 42.5 Å². The van der Waals surface area contributed by atoms with Crippen LogP contribution in [0.15, 0.2) is 47.8 Å². The van der Waals surface area contributed by atoms with Gasteiger partial charge in [0.2, 0.25) is 0 Å². The van der Waals surface area contributed by atoms with Crippen molar-refractivity contribution in [1.29, 1.82) is 0 Å². The number of ether oxygens (including phenoxy) is 1. The summed E-state index contributed by atoms with van der Waals surface area (Å²) in [6.07, 6.45) is 0.933. The molecule has 5 heteroatoms. The smallest absolute Gasteiger partial charge is 0.151 e. The van der Waals surface area contributed by atoms with Crippen LogP contribution in [0.3, 0.4) is 0 Å². The molecule has 2 heterocycles. The molecule has 3 aromatic rings. The fraction of sp³-hybridized carbons (Fsp3) is 0.250. The second-order valence-corrected chi connectivity index (χ2v) is 7.43. The summed E-state index contributed by atoms with van der Waals surface area (Å²) in [6.45, 7) is 2.85. The fourth-order valence-electron chi connectivity index (χ4n) is 3.01. The molecule has 2 aromatic carbocycles. The zero-order valence-corrected chi connectivity index (χ0v) is 15.2. The van der Waals surface area contributed by atoms with Gasteiger partial charge < -0.3 is 15.4 Å². The standard InChI is InChI=1S/C20H21N3OS/c1-13(11-21)9-20-22-15(12-25-20)14-7-8-19-17(10-14)23(2)16-5-3-4-6-18(16)24-19/h3-8,10,12-13H,9,11,21H2,1-2H3. The minimum absolute atomic E-state index is 0.457. The van der Waals surface area contributed by atoms with E-state index >= 15 is 0 Å². The predicted octanol–water partition coefficient (Wildman–Crippen LogP) is 4.82. The van der Waals surface area contributed by atoms with E-state index < -0.39 is 0 Å². The average Bonchev–Trinajstić information content (AvgIpc) is 3.10. The number of rotatable bonds is 4. The van der Waals surface area contributed by atoms with E-state index in [1.807, 2.05) is 24.3 Å². The number of anilines is 2. The third kappa shape index (κ3) is 3.01. The molecule has 0 fully saturated rings. The van der Waals surface area contributed by atoms with Gasteiger partial charge in [-0.3, -0.25) is 0 Å². The molecule has 0 spiro atoms. The highest BCUT2D eigenvalue weighted by molar-refractivity contribution is 7.09. The third-order valence-electron chi connectivity index (χ3n) is 4.54. The maximum atomic E-state index is 6.04. The number of aromatic nitrogens is 1. The van der Waals surface area contributed by atoms with Crippen molar-refractivity contribution in [3.63, 3.8) is 0 Å². The molecule has 25 heavy (non-hydrogen) atoms. The Morgan fingerprint density at radius 3 is 2.80 bits per heavy atom. The fourth-order valence-corrected chi connectivity index (χ4v) is 3.98. The van der Waals surface area contributed by atoms with Crippen molar-refractivity contribution >= 4 is 22.7 Å². The van der Waals surface area contributed by atoms with Crippen LogP contribution in [0.2, 0.25) is 0 Å². The van der Waals surface area contributed by atoms with Gasteiger partial charge in [-0.1, -0.05) is 19.1 Å². The summed E-state index contributed by atoms with van der Waals surface area (Å²) >= 11 is 1.70. The van der Waals surface area contributed by atoms with Gasteiger partial charge in [-0.05, 0) is 42.8 Å². The summed E-state index contributed by atoms with van der Waals surface area (Å²) in [4.78, 5) is 6.96. The van der Waals surface area contributed by atoms with Gasteiger partial charge in [0.1, 0.15) is 0 Å². The Balaban J connectivity index is 1.65. The van der Waals surface area contributed by atoms with Gasteiger partial charge >= 0.3 is 0 Å². The van der Waals surface area contributed by atoms with Gasteiger partial charge in [-0.2, -0.15) is 0 Å². The number of hydrogen-bond donors (Lipinski definition) is 1. The van der Waals surface area contributed by atoms with Crippen molar-refractivity contribution in [2.75, 3.05) is 18.5 Å². The van der Waals surface area contributed by atoms with Gasteiger partial charge in [-0.15, -0.1) is 11.3 Å². The lowest BCUT2D eigenvalue weighted by molar-refractivity contribution is 0.475. The number of benzene rings is 2. The minimum atomic E-state index is 0.457. The summed E-state index contributed by atoms with van der Waals surface area (Å²) in [6, 6.07) is 14.3. The van der Waals surface area contributed by atoms with E-state index in [-0.39, 0.29) is 0 Å². The van der Waals surface area contributed by atoms with E-state index in [9.17, 15) is 0 Å². The van der Waals surface area contributed by atoms with Crippen LogP contribution in [0.25, 0.3) is 11.3 Å². The van der Waals surface area contributed by atoms with Crippen LogP contribution in [0.5, 0.6) is 11.5 Å². The second kappa shape index (κ2) is 6.50. The van der Waals surface area contributed by atoms with Crippen molar-refractivity contribution in [3.05, 3.63) is 52.9 Å². The first-order valence-corrected chi connectivity index (χ1v) is 9.33. The Morgan fingerprint density at radius 2 is 1.96 bits per heavy atom. The molecular formula is C20H21N3OS. The first-order valence-electron chi connectivity index (χ1n) is 8.45. The molecule has 0 bridgehead atoms. The largest absolute Gasteiger partial charge is 0.453 e. The van der Waals surface area contributed by atoms with Crippen LogP contribution in [-0.4, -0.2) is 18.6 Å². The SMILES string of the molecule is CC(CN)Cc1nc(-c2ccc3c(c2)N(C)c2ccccc2O3)cs1. The maximum absolute atomic E-state index is 6.04. The minimum Gasteiger partial charge on any atom is -0.453 e. The van der Waals surface area contributed by atoms with E-state index in [1.165, 1.54) is 0 Å². The number of hydrogen-bond acceptors (Lipinski definition) is 5. The third-order valence-corrected chi connectivity index (χ3v) is 5.41. The normalized spacial score (nSPS) is 13.8. The lowest BCUT2D eigenvalue weighted by atomic mass is 10.1. The molecule has 1 unspecified atom stereocenters. The van der Waals surface area contributed by atoms with Crippen LogP contribution < -0.4 is 15.4 Å². The van der Waals surface area contributed by atoms with Crippen molar-refractivity contribution in [2.45, 2.75) is 13.3 Å². The number of para-hydroxylation sites is 2. The van der Waals surface area contributed by atoms with E-state index in [0.29, 0.717) is 12.5 Å². The topological polar surface area (TPSA) is 51.4 Å². The van der Waals surface area contributed by atoms with Gasteiger partial charge in [0.25, 0.3) is 0 Å². The molecule has 1 atom stereocenters. The molecule has 0 aliphatic carbocycles. The molecule has 2 N–H and O–H groups in total. The summed E-state index contributed by atoms with van der Waals surface area (Å²) in [5.41, 5.74) is 9.98. The molecule has 128 valence electrons. The Kier molecular flexibility index (Phi) is 4.19. The summed E-state index contributed by atoms with van der Waals surface area (Å²) in [5.74, 6) is 2.22. The van der Waals surface area contributed by atoms with Crippen LogP contribution in [0.4, 0.5) is 11.4 Å². The number of nitrogens with zero attached hydrogens (tertiary/aromatic N) is 2. The van der Waals surface area contributed by atoms with Crippen LogP contribution in [0.1, 0.15) is 11.9 Å². The Labute approximate surface area is 151 Å². The van der Waals surface area contributed by atoms with Crippen molar-refractivity contribution in [1.82, 2.24) is 4.98 Å². The highest BCUT2D eigenvalue weighted by Gasteiger charge is 2.22. The van der Waals surface area contributed by atoms with Crippen molar-refractivity contribution in [2.24, 2.45) is 11.7 Å². The molecule has 1 aliphatic rings. The Bertz CT molecular complexity index is 905. The first-order chi connectivity index (χ1) is 12.2. The van der Waals surface area contributed by atoms with Gasteiger partial charge in [-0.25, -0.2) is 4.98 Å². The van der Waals surface area contributed by atoms with E-state index in [0.717, 1.165) is 45.6 Å². The lowest BCUT2D eigenvalue weighted by Gasteiger charge is -2.29. The zero-order valence-electron chi connectivity index (χ0n) is 14.4. The highest BCUT2D eigenvalue weighted by Crippen LogP contribution is 2.46. The van der Waals surface area contributed by atoms with Gasteiger partial charge in [0.05, 0.1) is 22.1 Å². The van der Waals surface area contributed by atoms with Crippen LogP contribution in [-0.2, 0) is 6.42 Å². The average molecular weight is 351 g/mol. The lowest BCUT2D eigenvalue weighted by Crippen LogP contribution is -2.15. The predicted molar refractivity (Wildman–Crippen MR) is 104 cm³/mol. The molecule has 1 aliphatic heterocycles. The number of thiazole rings is 1. The molecule has 4 nitrogen and oxygen atoms in total. The monoisotopic (exact) mass is 351 g/mol.